The van der Waals surface area contributed by atoms with E-state index in [0.29, 0.717) is 30.1 Å². The number of aromatic nitrogens is 2. The predicted molar refractivity (Wildman–Crippen MR) is 111 cm³/mol. The van der Waals surface area contributed by atoms with E-state index in [2.05, 4.69) is 14.9 Å². The summed E-state index contributed by atoms with van der Waals surface area (Å²) in [5.74, 6) is 1.61. The van der Waals surface area contributed by atoms with E-state index in [1.807, 2.05) is 17.0 Å². The van der Waals surface area contributed by atoms with Gasteiger partial charge in [-0.2, -0.15) is 0 Å². The first-order valence-electron chi connectivity index (χ1n) is 9.87. The Morgan fingerprint density at radius 3 is 2.75 bits per heavy atom. The zero-order valence-electron chi connectivity index (χ0n) is 15.9. The molecule has 1 saturated heterocycles. The highest BCUT2D eigenvalue weighted by atomic mass is 16.2. The molecule has 2 N–H and O–H groups in total. The highest BCUT2D eigenvalue weighted by Gasteiger charge is 2.28. The maximum atomic E-state index is 12.8. The van der Waals surface area contributed by atoms with Crippen molar-refractivity contribution in [1.29, 1.82) is 0 Å². The van der Waals surface area contributed by atoms with Crippen LogP contribution in [-0.2, 0) is 4.79 Å². The summed E-state index contributed by atoms with van der Waals surface area (Å²) in [5.41, 5.74) is 6.55. The average molecular weight is 383 g/mol. The number of carbonyl (C=O) groups is 2. The monoisotopic (exact) mass is 383 g/mol. The molecule has 28 heavy (non-hydrogen) atoms. The number of hydrogen-bond acceptors (Lipinski definition) is 6. The van der Waals surface area contributed by atoms with Crippen molar-refractivity contribution in [3.8, 4) is 0 Å². The minimum absolute atomic E-state index is 0. The Balaban J connectivity index is 0.00000160. The quantitative estimate of drug-likeness (QED) is 0.798. The molecular formula is C21H29N5O2. The number of nitrogens with zero attached hydrogens (tertiary/aromatic N) is 4. The van der Waals surface area contributed by atoms with Crippen molar-refractivity contribution in [2.45, 2.75) is 25.7 Å². The van der Waals surface area contributed by atoms with Gasteiger partial charge in [-0.15, -0.1) is 0 Å². The molecule has 3 heterocycles. The Bertz CT molecular complexity index is 891. The van der Waals surface area contributed by atoms with Gasteiger partial charge in [0.2, 0.25) is 11.7 Å². The van der Waals surface area contributed by atoms with Crippen LogP contribution in [-0.4, -0.2) is 52.7 Å². The second kappa shape index (κ2) is 7.96. The Labute approximate surface area is 167 Å². The molecule has 1 aliphatic carbocycles. The summed E-state index contributed by atoms with van der Waals surface area (Å²) in [6.45, 7) is 3.01. The maximum Gasteiger partial charge on any atom is 0.222 e. The van der Waals surface area contributed by atoms with Crippen LogP contribution in [0.15, 0.2) is 36.5 Å². The first kappa shape index (κ1) is 18.4. The average Bonchev–Trinajstić information content (AvgIpc) is 3.54. The van der Waals surface area contributed by atoms with Gasteiger partial charge in [0, 0.05) is 41.6 Å². The molecule has 1 amide bonds. The van der Waals surface area contributed by atoms with Crippen LogP contribution in [0.4, 0.5) is 11.6 Å². The first-order valence-corrected chi connectivity index (χ1v) is 9.87. The SMILES string of the molecule is Nc1ncccc1C(=O)c1cccc(N2CCCN(C(=O)CC3CC3)CC2)n1.[HH].[HH]. The van der Waals surface area contributed by atoms with Crippen LogP contribution in [0.1, 0.15) is 44.6 Å². The number of hydrogen-bond donors (Lipinski definition) is 1. The van der Waals surface area contributed by atoms with Crippen molar-refractivity contribution in [1.82, 2.24) is 14.9 Å². The van der Waals surface area contributed by atoms with Gasteiger partial charge in [0.1, 0.15) is 17.3 Å². The Morgan fingerprint density at radius 1 is 1.11 bits per heavy atom. The van der Waals surface area contributed by atoms with Crippen LogP contribution in [0.3, 0.4) is 0 Å². The molecule has 4 rings (SSSR count). The lowest BCUT2D eigenvalue weighted by atomic mass is 10.1. The molecule has 0 spiro atoms. The zero-order chi connectivity index (χ0) is 19.5. The number of amides is 1. The van der Waals surface area contributed by atoms with Gasteiger partial charge in [-0.3, -0.25) is 9.59 Å². The highest BCUT2D eigenvalue weighted by molar-refractivity contribution is 6.10. The molecule has 2 fully saturated rings. The van der Waals surface area contributed by atoms with Crippen molar-refractivity contribution < 1.29 is 12.4 Å². The molecule has 150 valence electrons. The summed E-state index contributed by atoms with van der Waals surface area (Å²) < 4.78 is 0. The molecule has 0 bridgehead atoms. The molecule has 0 radical (unpaired) electrons. The Hall–Kier alpha value is -2.96. The molecule has 7 nitrogen and oxygen atoms in total. The highest BCUT2D eigenvalue weighted by Crippen LogP contribution is 2.33. The molecule has 0 atom stereocenters. The summed E-state index contributed by atoms with van der Waals surface area (Å²) >= 11 is 0. The predicted octanol–water partition coefficient (Wildman–Crippen LogP) is 2.62. The molecule has 7 heteroatoms. The fourth-order valence-corrected chi connectivity index (χ4v) is 3.57. The topological polar surface area (TPSA) is 92.4 Å². The number of nitrogen functional groups attached to an aromatic ring is 1. The fourth-order valence-electron chi connectivity index (χ4n) is 3.57. The van der Waals surface area contributed by atoms with Gasteiger partial charge in [0.15, 0.2) is 0 Å². The van der Waals surface area contributed by atoms with E-state index >= 15 is 0 Å². The van der Waals surface area contributed by atoms with Crippen molar-refractivity contribution in [2.75, 3.05) is 36.8 Å². The minimum Gasteiger partial charge on any atom is -0.383 e. The summed E-state index contributed by atoms with van der Waals surface area (Å²) in [6.07, 6.45) is 5.53. The molecule has 0 aromatic carbocycles. The number of ketones is 1. The smallest absolute Gasteiger partial charge is 0.222 e. The summed E-state index contributed by atoms with van der Waals surface area (Å²) in [5, 5.41) is 0. The van der Waals surface area contributed by atoms with Crippen LogP contribution in [0.2, 0.25) is 0 Å². The van der Waals surface area contributed by atoms with E-state index in [1.54, 1.807) is 24.4 Å². The van der Waals surface area contributed by atoms with Crippen LogP contribution in [0.5, 0.6) is 0 Å². The van der Waals surface area contributed by atoms with Crippen molar-refractivity contribution >= 4 is 23.3 Å². The Kier molecular flexibility index (Phi) is 5.23. The lowest BCUT2D eigenvalue weighted by Gasteiger charge is -2.23. The van der Waals surface area contributed by atoms with Gasteiger partial charge >= 0.3 is 0 Å². The van der Waals surface area contributed by atoms with Gasteiger partial charge in [-0.25, -0.2) is 9.97 Å². The molecule has 0 unspecified atom stereocenters. The number of rotatable bonds is 5. The second-order valence-electron chi connectivity index (χ2n) is 7.52. The van der Waals surface area contributed by atoms with Gasteiger partial charge in [0.05, 0.1) is 5.56 Å². The lowest BCUT2D eigenvalue weighted by molar-refractivity contribution is -0.131. The van der Waals surface area contributed by atoms with Crippen molar-refractivity contribution in [2.24, 2.45) is 5.92 Å². The summed E-state index contributed by atoms with van der Waals surface area (Å²) in [4.78, 5) is 37.8. The van der Waals surface area contributed by atoms with Crippen LogP contribution in [0, 0.1) is 5.92 Å². The first-order chi connectivity index (χ1) is 13.6. The van der Waals surface area contributed by atoms with E-state index in [9.17, 15) is 9.59 Å². The normalized spacial score (nSPS) is 17.3. The standard InChI is InChI=1S/C21H25N5O2.2H2/c22-21-16(4-2-9-23-21)20(28)17-5-1-6-18(24-17)25-10-3-11-26(13-12-25)19(27)14-15-7-8-15;;/h1-2,4-6,9,15H,3,7-8,10-14H2,(H2,22,23);2*1H. The van der Waals surface area contributed by atoms with E-state index in [4.69, 9.17) is 5.73 Å². The van der Waals surface area contributed by atoms with E-state index in [-0.39, 0.29) is 20.4 Å². The minimum atomic E-state index is -0.233. The Morgan fingerprint density at radius 2 is 1.96 bits per heavy atom. The lowest BCUT2D eigenvalue weighted by Crippen LogP contribution is -2.35. The zero-order valence-corrected chi connectivity index (χ0v) is 15.9. The molecule has 1 aliphatic heterocycles. The molecule has 1 saturated carbocycles. The number of carbonyl (C=O) groups excluding carboxylic acids is 2. The van der Waals surface area contributed by atoms with E-state index in [1.165, 1.54) is 12.8 Å². The molecule has 2 aliphatic rings. The summed E-state index contributed by atoms with van der Waals surface area (Å²) in [6, 6.07) is 8.79. The number of pyridine rings is 2. The third-order valence-corrected chi connectivity index (χ3v) is 5.38. The third-order valence-electron chi connectivity index (χ3n) is 5.38. The van der Waals surface area contributed by atoms with Gasteiger partial charge in [-0.1, -0.05) is 6.07 Å². The molecular weight excluding hydrogens is 354 g/mol. The molecule has 2 aromatic heterocycles. The van der Waals surface area contributed by atoms with E-state index in [0.717, 1.165) is 31.9 Å². The van der Waals surface area contributed by atoms with Gasteiger partial charge < -0.3 is 15.5 Å². The third kappa shape index (κ3) is 4.13. The number of nitrogens with two attached hydrogens (primary N) is 1. The van der Waals surface area contributed by atoms with Gasteiger partial charge in [0.25, 0.3) is 0 Å². The largest absolute Gasteiger partial charge is 0.383 e. The van der Waals surface area contributed by atoms with Crippen LogP contribution in [0.25, 0.3) is 0 Å². The second-order valence-corrected chi connectivity index (χ2v) is 7.52. The van der Waals surface area contributed by atoms with Crippen molar-refractivity contribution in [3.05, 3.63) is 47.8 Å². The fraction of sp³-hybridized carbons (Fsp3) is 0.429. The van der Waals surface area contributed by atoms with Crippen LogP contribution >= 0.6 is 0 Å². The number of anilines is 2. The van der Waals surface area contributed by atoms with Gasteiger partial charge in [-0.05, 0) is 49.4 Å². The van der Waals surface area contributed by atoms with Crippen LogP contribution < -0.4 is 10.6 Å². The summed E-state index contributed by atoms with van der Waals surface area (Å²) in [7, 11) is 0. The van der Waals surface area contributed by atoms with E-state index < -0.39 is 0 Å². The maximum absolute atomic E-state index is 12.8. The molecule has 2 aromatic rings. The van der Waals surface area contributed by atoms with Crippen molar-refractivity contribution in [3.63, 3.8) is 0 Å².